The van der Waals surface area contributed by atoms with E-state index in [1.807, 2.05) is 32.0 Å². The lowest BCUT2D eigenvalue weighted by molar-refractivity contribution is -0.132. The SMILES string of the molecule is Cc1cc(-c2cnc3c(NCCC(F)(F)F)cc(Cl)nn23)ccc1C(=O)NC1CC1.Cc1cc(-c2cnc3c(NCCC(F)(F)F)cc(SCCO)nn23)ccc1C(=O)NC1CC1. The number of fused-ring (bicyclic) bond motifs is 2. The molecule has 5 N–H and O–H groups in total. The van der Waals surface area contributed by atoms with Gasteiger partial charge >= 0.3 is 12.4 Å². The molecular weight excluding hydrogens is 874 g/mol. The van der Waals surface area contributed by atoms with Crippen molar-refractivity contribution < 1.29 is 41.0 Å². The Hall–Kier alpha value is -5.60. The van der Waals surface area contributed by atoms with Crippen LogP contribution in [-0.4, -0.2) is 96.0 Å². The first kappa shape index (κ1) is 45.4. The van der Waals surface area contributed by atoms with Crippen LogP contribution >= 0.6 is 23.4 Å². The molecule has 63 heavy (non-hydrogen) atoms. The van der Waals surface area contributed by atoms with Gasteiger partial charge < -0.3 is 26.4 Å². The molecule has 0 spiro atoms. The minimum absolute atomic E-state index is 0.0540. The second-order valence-corrected chi connectivity index (χ2v) is 16.7. The number of carbonyl (C=O) groups excluding carboxylic acids is 2. The highest BCUT2D eigenvalue weighted by Crippen LogP contribution is 2.32. The van der Waals surface area contributed by atoms with Gasteiger partial charge in [-0.1, -0.05) is 23.7 Å². The number of carbonyl (C=O) groups is 2. The van der Waals surface area contributed by atoms with E-state index in [0.29, 0.717) is 56.0 Å². The van der Waals surface area contributed by atoms with Gasteiger partial charge in [0.05, 0.1) is 54.6 Å². The van der Waals surface area contributed by atoms with Gasteiger partial charge in [0.1, 0.15) is 5.03 Å². The van der Waals surface area contributed by atoms with E-state index in [9.17, 15) is 35.9 Å². The second kappa shape index (κ2) is 19.0. The predicted molar refractivity (Wildman–Crippen MR) is 228 cm³/mol. The van der Waals surface area contributed by atoms with E-state index in [1.54, 1.807) is 41.2 Å². The van der Waals surface area contributed by atoms with Gasteiger partial charge in [0.2, 0.25) is 0 Å². The Bertz CT molecular complexity index is 2630. The van der Waals surface area contributed by atoms with Gasteiger partial charge in [-0.25, -0.2) is 19.0 Å². The molecule has 21 heteroatoms. The minimum atomic E-state index is -4.27. The summed E-state index contributed by atoms with van der Waals surface area (Å²) in [6.45, 7) is 3.06. The van der Waals surface area contributed by atoms with Crippen molar-refractivity contribution in [3.63, 3.8) is 0 Å². The summed E-state index contributed by atoms with van der Waals surface area (Å²) in [7, 11) is 0. The molecule has 4 aromatic heterocycles. The quantitative estimate of drug-likeness (QED) is 0.0498. The number of hydrogen-bond donors (Lipinski definition) is 5. The van der Waals surface area contributed by atoms with Crippen molar-refractivity contribution in [2.24, 2.45) is 0 Å². The highest BCUT2D eigenvalue weighted by Gasteiger charge is 2.29. The Morgan fingerprint density at radius 1 is 0.730 bits per heavy atom. The van der Waals surface area contributed by atoms with Crippen LogP contribution in [0.25, 0.3) is 33.8 Å². The molecule has 6 aromatic rings. The molecule has 2 saturated carbocycles. The Kier molecular flexibility index (Phi) is 13.7. The van der Waals surface area contributed by atoms with E-state index in [1.165, 1.54) is 22.3 Å². The van der Waals surface area contributed by atoms with E-state index >= 15 is 0 Å². The normalized spacial score (nSPS) is 14.1. The number of aliphatic hydroxyl groups excluding tert-OH is 1. The number of aliphatic hydroxyl groups is 1. The van der Waals surface area contributed by atoms with E-state index in [2.05, 4.69) is 41.4 Å². The first-order valence-corrected chi connectivity index (χ1v) is 21.4. The van der Waals surface area contributed by atoms with E-state index in [0.717, 1.165) is 47.9 Å². The molecule has 2 aliphatic carbocycles. The van der Waals surface area contributed by atoms with Crippen LogP contribution < -0.4 is 21.3 Å². The number of imidazole rings is 2. The van der Waals surface area contributed by atoms with Gasteiger partial charge in [0.25, 0.3) is 11.8 Å². The van der Waals surface area contributed by atoms with E-state index in [-0.39, 0.29) is 48.7 Å². The lowest BCUT2D eigenvalue weighted by atomic mass is 10.0. The molecule has 4 heterocycles. The second-order valence-electron chi connectivity index (χ2n) is 15.2. The highest BCUT2D eigenvalue weighted by molar-refractivity contribution is 7.99. The van der Waals surface area contributed by atoms with Crippen molar-refractivity contribution in [2.45, 2.75) is 81.8 Å². The molecule has 0 atom stereocenters. The smallest absolute Gasteiger partial charge is 0.390 e. The third-order valence-corrected chi connectivity index (χ3v) is 11.1. The van der Waals surface area contributed by atoms with Gasteiger partial charge in [0.15, 0.2) is 16.4 Å². The maximum Gasteiger partial charge on any atom is 0.390 e. The van der Waals surface area contributed by atoms with Crippen LogP contribution in [0.5, 0.6) is 0 Å². The number of nitrogens with zero attached hydrogens (tertiary/aromatic N) is 6. The monoisotopic (exact) mass is 916 g/mol. The number of thioether (sulfide) groups is 1. The number of aromatic nitrogens is 6. The third kappa shape index (κ3) is 11.9. The lowest BCUT2D eigenvalue weighted by Gasteiger charge is -2.12. The maximum absolute atomic E-state index is 12.6. The molecule has 0 radical (unpaired) electrons. The molecule has 13 nitrogen and oxygen atoms in total. The van der Waals surface area contributed by atoms with Crippen molar-refractivity contribution in [2.75, 3.05) is 36.1 Å². The number of aryl methyl sites for hydroxylation is 2. The van der Waals surface area contributed by atoms with Crippen LogP contribution in [-0.2, 0) is 0 Å². The van der Waals surface area contributed by atoms with Crippen molar-refractivity contribution in [3.05, 3.63) is 88.3 Å². The maximum atomic E-state index is 12.6. The Balaban J connectivity index is 0.000000190. The number of rotatable bonds is 15. The molecule has 2 aromatic carbocycles. The first-order chi connectivity index (χ1) is 30.0. The standard InChI is InChI=1S/C22H24F3N5O2S.C20H19ClF3N5O/c1-13-10-14(2-5-16(13)21(32)28-15-3-4-15)18-12-27-20-17(26-7-6-22(23,24)25)11-19(29-30(18)20)33-9-8-31;1-11-8-12(2-5-14(11)19(30)27-13-3-4-13)16-10-26-18-15(9-17(21)28-29(16)18)25-7-6-20(22,23)24/h2,5,10-12,15,26,31H,3-4,6-9H2,1H3,(H,28,32);2,5,8-10,13,25H,3-4,6-7H2,1H3,(H,27,30). The largest absolute Gasteiger partial charge is 0.396 e. The minimum Gasteiger partial charge on any atom is -0.396 e. The van der Waals surface area contributed by atoms with Crippen LogP contribution in [0.15, 0.2) is 66.0 Å². The van der Waals surface area contributed by atoms with Gasteiger partial charge in [-0.15, -0.1) is 11.8 Å². The molecular formula is C42H43ClF6N10O3S. The summed E-state index contributed by atoms with van der Waals surface area (Å²) in [5.74, 6) is 0.197. The van der Waals surface area contributed by atoms with Crippen molar-refractivity contribution >= 4 is 57.8 Å². The number of anilines is 2. The average molecular weight is 917 g/mol. The van der Waals surface area contributed by atoms with Crippen LogP contribution in [0.3, 0.4) is 0 Å². The zero-order valence-corrected chi connectivity index (χ0v) is 35.6. The Morgan fingerprint density at radius 3 is 1.62 bits per heavy atom. The molecule has 2 aliphatic rings. The van der Waals surface area contributed by atoms with Crippen LogP contribution in [0.4, 0.5) is 37.7 Å². The van der Waals surface area contributed by atoms with Crippen LogP contribution in [0.2, 0.25) is 5.15 Å². The van der Waals surface area contributed by atoms with E-state index in [4.69, 9.17) is 16.7 Å². The zero-order chi connectivity index (χ0) is 45.1. The van der Waals surface area contributed by atoms with Crippen molar-refractivity contribution in [1.82, 2.24) is 39.8 Å². The Morgan fingerprint density at radius 2 is 1.19 bits per heavy atom. The van der Waals surface area contributed by atoms with Gasteiger partial charge in [-0.3, -0.25) is 9.59 Å². The molecule has 0 aliphatic heterocycles. The number of amides is 2. The van der Waals surface area contributed by atoms with E-state index < -0.39 is 25.2 Å². The van der Waals surface area contributed by atoms with Crippen LogP contribution in [0.1, 0.15) is 70.4 Å². The molecule has 8 rings (SSSR count). The summed E-state index contributed by atoms with van der Waals surface area (Å²) in [4.78, 5) is 33.5. The summed E-state index contributed by atoms with van der Waals surface area (Å²) in [6.07, 6.45) is -3.26. The highest BCUT2D eigenvalue weighted by atomic mass is 35.5. The van der Waals surface area contributed by atoms with Crippen LogP contribution in [0, 0.1) is 13.8 Å². The summed E-state index contributed by atoms with van der Waals surface area (Å²) < 4.78 is 78.2. The number of hydrogen-bond acceptors (Lipinski definition) is 10. The third-order valence-electron chi connectivity index (χ3n) is 10.0. The fourth-order valence-electron chi connectivity index (χ4n) is 6.57. The lowest BCUT2D eigenvalue weighted by Crippen LogP contribution is -2.26. The number of alkyl halides is 6. The van der Waals surface area contributed by atoms with Crippen molar-refractivity contribution in [3.8, 4) is 22.5 Å². The fourth-order valence-corrected chi connectivity index (χ4v) is 7.40. The molecule has 0 bridgehead atoms. The topological polar surface area (TPSA) is 163 Å². The van der Waals surface area contributed by atoms with Gasteiger partial charge in [0, 0.05) is 59.2 Å². The summed E-state index contributed by atoms with van der Waals surface area (Å²) in [6, 6.07) is 14.4. The molecule has 334 valence electrons. The molecule has 0 saturated heterocycles. The number of halogens is 7. The summed E-state index contributed by atoms with van der Waals surface area (Å²) in [5, 5.41) is 30.1. The molecule has 2 amide bonds. The summed E-state index contributed by atoms with van der Waals surface area (Å²) in [5.41, 5.74) is 7.15. The number of nitrogens with one attached hydrogen (secondary N) is 4. The fraction of sp³-hybridized carbons (Fsp3) is 0.381. The van der Waals surface area contributed by atoms with Crippen molar-refractivity contribution in [1.29, 1.82) is 0 Å². The molecule has 2 fully saturated rings. The molecule has 0 unspecified atom stereocenters. The average Bonchev–Trinajstić information content (AvgIpc) is 4.13. The Labute approximate surface area is 366 Å². The predicted octanol–water partition coefficient (Wildman–Crippen LogP) is 8.66. The van der Waals surface area contributed by atoms with Gasteiger partial charge in [-0.05, 0) is 81.0 Å². The van der Waals surface area contributed by atoms with Gasteiger partial charge in [-0.2, -0.15) is 36.5 Å². The zero-order valence-electron chi connectivity index (χ0n) is 34.0. The summed E-state index contributed by atoms with van der Waals surface area (Å²) >= 11 is 7.38. The first-order valence-electron chi connectivity index (χ1n) is 20.1. The number of benzene rings is 2.